The largest absolute Gasteiger partial charge is 0.455 e. The van der Waals surface area contributed by atoms with Crippen molar-refractivity contribution in [2.45, 2.75) is 31.7 Å². The van der Waals surface area contributed by atoms with Gasteiger partial charge in [0.05, 0.1) is 5.69 Å². The van der Waals surface area contributed by atoms with Crippen LogP contribution in [0.1, 0.15) is 30.3 Å². The molecule has 2 aromatic rings. The molecule has 2 heterocycles. The first-order valence-electron chi connectivity index (χ1n) is 9.06. The van der Waals surface area contributed by atoms with Crippen LogP contribution in [0.5, 0.6) is 0 Å². The van der Waals surface area contributed by atoms with Gasteiger partial charge in [-0.15, -0.1) is 0 Å². The normalized spacial score (nSPS) is 18.5. The highest BCUT2D eigenvalue weighted by Gasteiger charge is 2.22. The van der Waals surface area contributed by atoms with E-state index < -0.39 is 6.29 Å². The number of benzene rings is 2. The van der Waals surface area contributed by atoms with Crippen molar-refractivity contribution < 1.29 is 13.9 Å². The van der Waals surface area contributed by atoms with Crippen LogP contribution in [0.15, 0.2) is 61.1 Å². The molecule has 0 saturated carbocycles. The standard InChI is InChI=1S/C21H23FN2O2/c22-19-7-6-17(21-25-12-13-26-21)14-20(19)23-18-8-10-24(11-9-18)15-16-4-2-1-3-5-16/h1-7,12-14,18,21,23H,8-11,15H2. The van der Waals surface area contributed by atoms with Crippen LogP contribution in [0, 0.1) is 5.82 Å². The van der Waals surface area contributed by atoms with E-state index in [0.29, 0.717) is 5.69 Å². The molecule has 0 amide bonds. The van der Waals surface area contributed by atoms with Gasteiger partial charge in [0.2, 0.25) is 0 Å². The Balaban J connectivity index is 1.33. The van der Waals surface area contributed by atoms with E-state index in [4.69, 9.17) is 9.47 Å². The van der Waals surface area contributed by atoms with Gasteiger partial charge in [-0.2, -0.15) is 0 Å². The maximum Gasteiger partial charge on any atom is 0.266 e. The Morgan fingerprint density at radius 3 is 2.46 bits per heavy atom. The Labute approximate surface area is 153 Å². The summed E-state index contributed by atoms with van der Waals surface area (Å²) in [5.74, 6) is -0.244. The summed E-state index contributed by atoms with van der Waals surface area (Å²) in [7, 11) is 0. The minimum Gasteiger partial charge on any atom is -0.455 e. The quantitative estimate of drug-likeness (QED) is 0.862. The number of nitrogens with one attached hydrogen (secondary N) is 1. The second-order valence-electron chi connectivity index (χ2n) is 6.80. The average molecular weight is 354 g/mol. The zero-order chi connectivity index (χ0) is 17.8. The first-order chi connectivity index (χ1) is 12.8. The fourth-order valence-electron chi connectivity index (χ4n) is 3.49. The number of nitrogens with zero attached hydrogens (tertiary/aromatic N) is 1. The van der Waals surface area contributed by atoms with Crippen molar-refractivity contribution in [1.82, 2.24) is 4.90 Å². The van der Waals surface area contributed by atoms with Crippen LogP contribution in [0.25, 0.3) is 0 Å². The van der Waals surface area contributed by atoms with Gasteiger partial charge in [0.1, 0.15) is 18.3 Å². The summed E-state index contributed by atoms with van der Waals surface area (Å²) in [5.41, 5.74) is 2.66. The van der Waals surface area contributed by atoms with Crippen LogP contribution >= 0.6 is 0 Å². The van der Waals surface area contributed by atoms with Crippen molar-refractivity contribution in [2.24, 2.45) is 0 Å². The second kappa shape index (κ2) is 7.79. The van der Waals surface area contributed by atoms with Gasteiger partial charge in [0.15, 0.2) is 0 Å². The molecular formula is C21H23FN2O2. The zero-order valence-electron chi connectivity index (χ0n) is 14.6. The van der Waals surface area contributed by atoms with E-state index in [0.717, 1.165) is 38.0 Å². The number of hydrogen-bond acceptors (Lipinski definition) is 4. The number of piperidine rings is 1. The minimum atomic E-state index is -0.483. The smallest absolute Gasteiger partial charge is 0.266 e. The van der Waals surface area contributed by atoms with Gasteiger partial charge in [-0.3, -0.25) is 4.90 Å². The van der Waals surface area contributed by atoms with Gasteiger partial charge in [-0.25, -0.2) is 4.39 Å². The third kappa shape index (κ3) is 3.99. The van der Waals surface area contributed by atoms with E-state index in [1.165, 1.54) is 24.2 Å². The Bertz CT molecular complexity index is 750. The highest BCUT2D eigenvalue weighted by atomic mass is 19.1. The Morgan fingerprint density at radius 1 is 1.00 bits per heavy atom. The molecule has 1 fully saturated rings. The average Bonchev–Trinajstić information content (AvgIpc) is 3.21. The van der Waals surface area contributed by atoms with Crippen molar-refractivity contribution in [3.8, 4) is 0 Å². The Hall–Kier alpha value is -2.53. The lowest BCUT2D eigenvalue weighted by molar-refractivity contribution is -0.0245. The number of rotatable bonds is 5. The summed E-state index contributed by atoms with van der Waals surface area (Å²) in [5, 5.41) is 3.36. The van der Waals surface area contributed by atoms with Crippen LogP contribution in [-0.2, 0) is 16.0 Å². The molecule has 2 aromatic carbocycles. The summed E-state index contributed by atoms with van der Waals surface area (Å²) in [6, 6.07) is 15.7. The summed E-state index contributed by atoms with van der Waals surface area (Å²) < 4.78 is 24.9. The maximum atomic E-state index is 14.2. The second-order valence-corrected chi connectivity index (χ2v) is 6.80. The molecule has 0 unspecified atom stereocenters. The van der Waals surface area contributed by atoms with E-state index >= 15 is 0 Å². The van der Waals surface area contributed by atoms with Gasteiger partial charge in [0.25, 0.3) is 6.29 Å². The lowest BCUT2D eigenvalue weighted by Crippen LogP contribution is -2.38. The fraction of sp³-hybridized carbons (Fsp3) is 0.333. The molecule has 136 valence electrons. The lowest BCUT2D eigenvalue weighted by Gasteiger charge is -2.33. The molecule has 0 radical (unpaired) electrons. The summed E-state index contributed by atoms with van der Waals surface area (Å²) >= 11 is 0. The Morgan fingerprint density at radius 2 is 1.73 bits per heavy atom. The molecule has 1 N–H and O–H groups in total. The molecule has 4 rings (SSSR count). The fourth-order valence-corrected chi connectivity index (χ4v) is 3.49. The van der Waals surface area contributed by atoms with Gasteiger partial charge in [0, 0.05) is 31.2 Å². The Kier molecular flexibility index (Phi) is 5.07. The van der Waals surface area contributed by atoms with Gasteiger partial charge < -0.3 is 14.8 Å². The van der Waals surface area contributed by atoms with Crippen LogP contribution in [-0.4, -0.2) is 24.0 Å². The molecule has 5 heteroatoms. The predicted molar refractivity (Wildman–Crippen MR) is 98.8 cm³/mol. The molecule has 2 aliphatic heterocycles. The molecule has 0 aliphatic carbocycles. The van der Waals surface area contributed by atoms with Gasteiger partial charge >= 0.3 is 0 Å². The van der Waals surface area contributed by atoms with Crippen molar-refractivity contribution in [3.63, 3.8) is 0 Å². The van der Waals surface area contributed by atoms with Crippen LogP contribution in [0.2, 0.25) is 0 Å². The van der Waals surface area contributed by atoms with Crippen LogP contribution in [0.3, 0.4) is 0 Å². The number of anilines is 1. The van der Waals surface area contributed by atoms with E-state index in [2.05, 4.69) is 34.5 Å². The summed E-state index contributed by atoms with van der Waals surface area (Å²) in [6.07, 6.45) is 4.51. The monoisotopic (exact) mass is 354 g/mol. The molecule has 1 saturated heterocycles. The zero-order valence-corrected chi connectivity index (χ0v) is 14.6. The first-order valence-corrected chi connectivity index (χ1v) is 9.06. The molecule has 0 aromatic heterocycles. The molecule has 4 nitrogen and oxygen atoms in total. The van der Waals surface area contributed by atoms with Gasteiger partial charge in [-0.05, 0) is 36.6 Å². The SMILES string of the molecule is Fc1ccc(C2OC=CO2)cc1NC1CCN(Cc2ccccc2)CC1. The van der Waals surface area contributed by atoms with E-state index in [1.54, 1.807) is 12.1 Å². The molecule has 0 spiro atoms. The van der Waals surface area contributed by atoms with E-state index in [9.17, 15) is 4.39 Å². The van der Waals surface area contributed by atoms with Crippen molar-refractivity contribution in [2.75, 3.05) is 18.4 Å². The minimum absolute atomic E-state index is 0.244. The van der Waals surface area contributed by atoms with Crippen molar-refractivity contribution in [3.05, 3.63) is 78.0 Å². The molecule has 0 bridgehead atoms. The van der Waals surface area contributed by atoms with E-state index in [-0.39, 0.29) is 11.9 Å². The number of ether oxygens (including phenoxy) is 2. The highest BCUT2D eigenvalue weighted by Crippen LogP contribution is 2.28. The number of halogens is 1. The van der Waals surface area contributed by atoms with Crippen LogP contribution in [0.4, 0.5) is 10.1 Å². The maximum absolute atomic E-state index is 14.2. The predicted octanol–water partition coefficient (Wildman–Crippen LogP) is 4.42. The molecule has 2 aliphatic rings. The third-order valence-electron chi connectivity index (χ3n) is 4.92. The molecule has 0 atom stereocenters. The lowest BCUT2D eigenvalue weighted by atomic mass is 10.0. The summed E-state index contributed by atoms with van der Waals surface area (Å²) in [6.45, 7) is 2.99. The van der Waals surface area contributed by atoms with Crippen molar-refractivity contribution in [1.29, 1.82) is 0 Å². The topological polar surface area (TPSA) is 33.7 Å². The molecule has 26 heavy (non-hydrogen) atoms. The number of likely N-dealkylation sites (tertiary alicyclic amines) is 1. The van der Waals surface area contributed by atoms with Gasteiger partial charge in [-0.1, -0.05) is 30.3 Å². The highest BCUT2D eigenvalue weighted by molar-refractivity contribution is 5.48. The van der Waals surface area contributed by atoms with E-state index in [1.807, 2.05) is 6.07 Å². The van der Waals surface area contributed by atoms with Crippen LogP contribution < -0.4 is 5.32 Å². The first kappa shape index (κ1) is 16.9. The van der Waals surface area contributed by atoms with Crippen molar-refractivity contribution >= 4 is 5.69 Å². The third-order valence-corrected chi connectivity index (χ3v) is 4.92. The number of hydrogen-bond donors (Lipinski definition) is 1. The summed E-state index contributed by atoms with van der Waals surface area (Å²) in [4.78, 5) is 2.45. The molecular weight excluding hydrogens is 331 g/mol.